The zero-order valence-corrected chi connectivity index (χ0v) is 24.5. The number of hydrogen-bond acceptors (Lipinski definition) is 7. The number of carbonyl (C=O) groups excluding carboxylic acids is 1. The molecule has 5 rings (SSSR count). The summed E-state index contributed by atoms with van der Waals surface area (Å²) in [5.41, 5.74) is 3.35. The number of piperazine rings is 1. The maximum absolute atomic E-state index is 11.6. The Bertz CT molecular complexity index is 1380. The summed E-state index contributed by atoms with van der Waals surface area (Å²) in [6.45, 7) is 13.7. The fraction of sp³-hybridized carbons (Fsp3) is 0.500. The van der Waals surface area contributed by atoms with E-state index in [9.17, 15) is 15.0 Å². The molecule has 0 unspecified atom stereocenters. The third-order valence-corrected chi connectivity index (χ3v) is 8.60. The Morgan fingerprint density at radius 3 is 2.27 bits per heavy atom. The van der Waals surface area contributed by atoms with Crippen LogP contribution in [0.4, 0.5) is 0 Å². The van der Waals surface area contributed by atoms with Gasteiger partial charge in [-0.1, -0.05) is 26.0 Å². The number of carbonyl (C=O) groups is 1. The van der Waals surface area contributed by atoms with Gasteiger partial charge in [-0.05, 0) is 66.2 Å². The molecule has 0 spiro atoms. The normalized spacial score (nSPS) is 17.6. The summed E-state index contributed by atoms with van der Waals surface area (Å²) in [6, 6.07) is 11.5. The summed E-state index contributed by atoms with van der Waals surface area (Å²) < 4.78 is 2.25. The number of piperidine rings is 1. The number of aromatic amines is 1. The minimum Gasteiger partial charge on any atom is -0.508 e. The van der Waals surface area contributed by atoms with E-state index in [0.29, 0.717) is 22.1 Å². The van der Waals surface area contributed by atoms with Gasteiger partial charge in [0.1, 0.15) is 11.5 Å². The molecular formula is C30H40N6O3S. The largest absolute Gasteiger partial charge is 0.508 e. The summed E-state index contributed by atoms with van der Waals surface area (Å²) >= 11 is 5.54. The van der Waals surface area contributed by atoms with Crippen LogP contribution in [-0.4, -0.2) is 91.4 Å². The first-order valence-electron chi connectivity index (χ1n) is 14.2. The van der Waals surface area contributed by atoms with Crippen LogP contribution < -0.4 is 0 Å². The molecule has 40 heavy (non-hydrogen) atoms. The molecule has 0 bridgehead atoms. The SMILES string of the molecule is CC(=O)N1CCC(CN2CCN(Cc3ccc(-n4c(-c5cc(C(C)C)c(O)cc5O)n[nH]c4=S)cc3)CC2)CC1. The molecule has 2 saturated heterocycles. The van der Waals surface area contributed by atoms with Crippen LogP contribution in [0, 0.1) is 10.7 Å². The Hall–Kier alpha value is -3.21. The van der Waals surface area contributed by atoms with Gasteiger partial charge in [0.25, 0.3) is 0 Å². The lowest BCUT2D eigenvalue weighted by molar-refractivity contribution is -0.130. The van der Waals surface area contributed by atoms with Crippen LogP contribution in [0.2, 0.25) is 0 Å². The highest BCUT2D eigenvalue weighted by atomic mass is 32.1. The van der Waals surface area contributed by atoms with Gasteiger partial charge in [0, 0.05) is 71.0 Å². The highest BCUT2D eigenvalue weighted by Crippen LogP contribution is 2.37. The summed E-state index contributed by atoms with van der Waals surface area (Å²) in [7, 11) is 0. The number of nitrogens with zero attached hydrogens (tertiary/aromatic N) is 5. The number of aromatic hydroxyl groups is 2. The molecule has 1 aromatic heterocycles. The quantitative estimate of drug-likeness (QED) is 0.363. The number of amides is 1. The Balaban J connectivity index is 1.20. The fourth-order valence-electron chi connectivity index (χ4n) is 5.89. The van der Waals surface area contributed by atoms with Crippen molar-refractivity contribution in [3.63, 3.8) is 0 Å². The van der Waals surface area contributed by atoms with Crippen molar-refractivity contribution < 1.29 is 15.0 Å². The van der Waals surface area contributed by atoms with Crippen molar-refractivity contribution in [3.05, 3.63) is 52.3 Å². The molecule has 0 atom stereocenters. The van der Waals surface area contributed by atoms with Gasteiger partial charge < -0.3 is 20.0 Å². The monoisotopic (exact) mass is 564 g/mol. The Labute approximate surface area is 241 Å². The van der Waals surface area contributed by atoms with Crippen LogP contribution in [0.25, 0.3) is 17.1 Å². The number of aromatic nitrogens is 3. The van der Waals surface area contributed by atoms with E-state index in [1.54, 1.807) is 13.0 Å². The van der Waals surface area contributed by atoms with Crippen LogP contribution in [0.1, 0.15) is 50.7 Å². The smallest absolute Gasteiger partial charge is 0.219 e. The van der Waals surface area contributed by atoms with E-state index in [0.717, 1.165) is 76.5 Å². The van der Waals surface area contributed by atoms with Gasteiger partial charge in [0.05, 0.1) is 5.56 Å². The number of nitrogens with one attached hydrogen (secondary N) is 1. The number of phenolic OH excluding ortho intramolecular Hbond substituents is 2. The van der Waals surface area contributed by atoms with E-state index in [1.807, 2.05) is 35.4 Å². The molecule has 0 aliphatic carbocycles. The Kier molecular flexibility index (Phi) is 8.58. The number of benzene rings is 2. The van der Waals surface area contributed by atoms with Gasteiger partial charge in [-0.25, -0.2) is 0 Å². The van der Waals surface area contributed by atoms with Crippen molar-refractivity contribution in [2.24, 2.45) is 5.92 Å². The summed E-state index contributed by atoms with van der Waals surface area (Å²) in [6.07, 6.45) is 2.22. The number of hydrogen-bond donors (Lipinski definition) is 3. The number of likely N-dealkylation sites (tertiary alicyclic amines) is 1. The lowest BCUT2D eigenvalue weighted by atomic mass is 9.96. The van der Waals surface area contributed by atoms with Crippen LogP contribution in [0.5, 0.6) is 11.5 Å². The fourth-order valence-corrected chi connectivity index (χ4v) is 6.12. The zero-order chi connectivity index (χ0) is 28.4. The minimum atomic E-state index is -0.0468. The van der Waals surface area contributed by atoms with Gasteiger partial charge in [0.2, 0.25) is 5.91 Å². The Morgan fingerprint density at radius 1 is 1.00 bits per heavy atom. The first-order valence-corrected chi connectivity index (χ1v) is 14.6. The molecule has 0 saturated carbocycles. The molecule has 3 aromatic rings. The number of phenols is 2. The minimum absolute atomic E-state index is 0.0468. The van der Waals surface area contributed by atoms with E-state index in [1.165, 1.54) is 11.6 Å². The molecule has 3 heterocycles. The molecule has 2 aliphatic rings. The van der Waals surface area contributed by atoms with Gasteiger partial charge in [0.15, 0.2) is 10.6 Å². The lowest BCUT2D eigenvalue weighted by Crippen LogP contribution is -2.48. The summed E-state index contributed by atoms with van der Waals surface area (Å²) in [4.78, 5) is 18.6. The molecule has 2 fully saturated rings. The molecule has 2 aliphatic heterocycles. The van der Waals surface area contributed by atoms with E-state index in [2.05, 4.69) is 32.1 Å². The van der Waals surface area contributed by atoms with Crippen LogP contribution >= 0.6 is 12.2 Å². The second-order valence-electron chi connectivity index (χ2n) is 11.5. The van der Waals surface area contributed by atoms with E-state index >= 15 is 0 Å². The second-order valence-corrected chi connectivity index (χ2v) is 11.8. The molecule has 10 heteroatoms. The van der Waals surface area contributed by atoms with E-state index < -0.39 is 0 Å². The van der Waals surface area contributed by atoms with Crippen molar-refractivity contribution >= 4 is 18.1 Å². The van der Waals surface area contributed by atoms with Crippen LogP contribution in [0.3, 0.4) is 0 Å². The van der Waals surface area contributed by atoms with Gasteiger partial charge >= 0.3 is 0 Å². The van der Waals surface area contributed by atoms with Crippen molar-refractivity contribution in [1.82, 2.24) is 29.5 Å². The number of rotatable bonds is 7. The summed E-state index contributed by atoms with van der Waals surface area (Å²) in [5, 5.41) is 28.1. The first kappa shape index (κ1) is 28.3. The van der Waals surface area contributed by atoms with Crippen LogP contribution in [-0.2, 0) is 11.3 Å². The molecule has 9 nitrogen and oxygen atoms in total. The van der Waals surface area contributed by atoms with Crippen molar-refractivity contribution in [3.8, 4) is 28.6 Å². The van der Waals surface area contributed by atoms with Crippen molar-refractivity contribution in [2.45, 2.75) is 46.1 Å². The van der Waals surface area contributed by atoms with Gasteiger partial charge in [-0.3, -0.25) is 19.4 Å². The van der Waals surface area contributed by atoms with E-state index in [-0.39, 0.29) is 23.3 Å². The average molecular weight is 565 g/mol. The molecule has 0 radical (unpaired) electrons. The average Bonchev–Trinajstić information content (AvgIpc) is 3.31. The molecule has 3 N–H and O–H groups in total. The van der Waals surface area contributed by atoms with E-state index in [4.69, 9.17) is 12.2 Å². The maximum atomic E-state index is 11.6. The number of H-pyrrole nitrogens is 1. The molecule has 214 valence electrons. The van der Waals surface area contributed by atoms with Crippen molar-refractivity contribution in [1.29, 1.82) is 0 Å². The third-order valence-electron chi connectivity index (χ3n) is 8.32. The lowest BCUT2D eigenvalue weighted by Gasteiger charge is -2.38. The molecular weight excluding hydrogens is 524 g/mol. The highest BCUT2D eigenvalue weighted by molar-refractivity contribution is 7.71. The topological polar surface area (TPSA) is 101 Å². The standard InChI is InChI=1S/C30H40N6O3S/c1-20(2)25-16-26(28(39)17-27(25)38)29-31-32-30(40)36(29)24-6-4-22(5-7-24)18-33-12-14-34(15-13-33)19-23-8-10-35(11-9-23)21(3)37/h4-7,16-17,20,23,38-39H,8-15,18-19H2,1-3H3,(H,32,40). The maximum Gasteiger partial charge on any atom is 0.219 e. The van der Waals surface area contributed by atoms with Gasteiger partial charge in [-0.2, -0.15) is 5.10 Å². The van der Waals surface area contributed by atoms with Crippen LogP contribution in [0.15, 0.2) is 36.4 Å². The second kappa shape index (κ2) is 12.1. The highest BCUT2D eigenvalue weighted by Gasteiger charge is 2.25. The first-order chi connectivity index (χ1) is 19.2. The third kappa shape index (κ3) is 6.24. The van der Waals surface area contributed by atoms with Crippen molar-refractivity contribution in [2.75, 3.05) is 45.8 Å². The zero-order valence-electron chi connectivity index (χ0n) is 23.6. The summed E-state index contributed by atoms with van der Waals surface area (Å²) in [5.74, 6) is 1.49. The van der Waals surface area contributed by atoms with Gasteiger partial charge in [-0.15, -0.1) is 0 Å². The predicted molar refractivity (Wildman–Crippen MR) is 158 cm³/mol. The molecule has 1 amide bonds. The molecule has 2 aromatic carbocycles. The Morgan fingerprint density at radius 2 is 1.65 bits per heavy atom. The predicted octanol–water partition coefficient (Wildman–Crippen LogP) is 4.51.